The molecule has 1 aromatic carbocycles. The van der Waals surface area contributed by atoms with Crippen LogP contribution in [0, 0.1) is 11.3 Å². The van der Waals surface area contributed by atoms with Crippen molar-refractivity contribution in [3.63, 3.8) is 0 Å². The van der Waals surface area contributed by atoms with Crippen molar-refractivity contribution in [3.05, 3.63) is 29.6 Å². The first kappa shape index (κ1) is 10.7. The predicted octanol–water partition coefficient (Wildman–Crippen LogP) is 3.11. The lowest BCUT2D eigenvalue weighted by Crippen LogP contribution is -1.99. The van der Waals surface area contributed by atoms with Crippen LogP contribution < -0.4 is 0 Å². The second-order valence-electron chi connectivity index (χ2n) is 4.38. The summed E-state index contributed by atoms with van der Waals surface area (Å²) in [6.07, 6.45) is 4.61. The molecule has 1 aliphatic carbocycles. The maximum atomic E-state index is 8.91. The van der Waals surface area contributed by atoms with E-state index in [1.165, 1.54) is 18.4 Å². The third kappa shape index (κ3) is 1.81. The number of fused-ring (bicyclic) bond motifs is 1. The summed E-state index contributed by atoms with van der Waals surface area (Å²) in [5.41, 5.74) is 2.82. The highest BCUT2D eigenvalue weighted by Gasteiger charge is 2.27. The van der Waals surface area contributed by atoms with E-state index in [1.807, 2.05) is 18.2 Å². The average Bonchev–Trinajstić information content (AvgIpc) is 3.11. The Morgan fingerprint density at radius 1 is 1.53 bits per heavy atom. The highest BCUT2D eigenvalue weighted by atomic mass is 32.2. The summed E-state index contributed by atoms with van der Waals surface area (Å²) in [5, 5.41) is 8.91. The van der Waals surface area contributed by atoms with Crippen LogP contribution in [0.4, 0.5) is 0 Å². The van der Waals surface area contributed by atoms with Gasteiger partial charge in [-0.2, -0.15) is 17.0 Å². The van der Waals surface area contributed by atoms with Gasteiger partial charge in [0.05, 0.1) is 28.4 Å². The van der Waals surface area contributed by atoms with Crippen LogP contribution >= 0.6 is 11.8 Å². The van der Waals surface area contributed by atoms with Gasteiger partial charge in [-0.1, -0.05) is 0 Å². The second kappa shape index (κ2) is 4.08. The molecule has 0 saturated heterocycles. The Morgan fingerprint density at radius 2 is 2.35 bits per heavy atom. The predicted molar refractivity (Wildman–Crippen MR) is 69.9 cm³/mol. The first-order valence-corrected chi connectivity index (χ1v) is 7.13. The SMILES string of the molecule is CSCc1nc2cc(C#N)ccc2n1C1CC1. The Balaban J connectivity index is 2.19. The van der Waals surface area contributed by atoms with Gasteiger partial charge in [-0.3, -0.25) is 0 Å². The molecular formula is C13H13N3S. The van der Waals surface area contributed by atoms with E-state index >= 15 is 0 Å². The average molecular weight is 243 g/mol. The zero-order valence-electron chi connectivity index (χ0n) is 9.68. The Labute approximate surface area is 104 Å². The van der Waals surface area contributed by atoms with Gasteiger partial charge in [-0.25, -0.2) is 4.98 Å². The molecular weight excluding hydrogens is 230 g/mol. The molecule has 1 heterocycles. The third-order valence-electron chi connectivity index (χ3n) is 3.08. The van der Waals surface area contributed by atoms with E-state index in [-0.39, 0.29) is 0 Å². The number of rotatable bonds is 3. The zero-order valence-corrected chi connectivity index (χ0v) is 10.5. The van der Waals surface area contributed by atoms with E-state index < -0.39 is 0 Å². The minimum Gasteiger partial charge on any atom is -0.324 e. The maximum Gasteiger partial charge on any atom is 0.120 e. The summed E-state index contributed by atoms with van der Waals surface area (Å²) in [5.74, 6) is 2.08. The van der Waals surface area contributed by atoms with Crippen molar-refractivity contribution in [2.45, 2.75) is 24.6 Å². The van der Waals surface area contributed by atoms with Crippen LogP contribution in [0.2, 0.25) is 0 Å². The van der Waals surface area contributed by atoms with Crippen molar-refractivity contribution in [2.24, 2.45) is 0 Å². The van der Waals surface area contributed by atoms with Crippen LogP contribution in [-0.2, 0) is 5.75 Å². The van der Waals surface area contributed by atoms with Gasteiger partial charge in [0, 0.05) is 6.04 Å². The summed E-state index contributed by atoms with van der Waals surface area (Å²) in [4.78, 5) is 4.66. The van der Waals surface area contributed by atoms with Crippen LogP contribution in [0.1, 0.15) is 30.3 Å². The molecule has 0 radical (unpaired) electrons. The van der Waals surface area contributed by atoms with E-state index in [4.69, 9.17) is 5.26 Å². The number of imidazole rings is 1. The first-order valence-electron chi connectivity index (χ1n) is 5.73. The fraction of sp³-hybridized carbons (Fsp3) is 0.385. The Hall–Kier alpha value is -1.47. The fourth-order valence-corrected chi connectivity index (χ4v) is 2.65. The highest BCUT2D eigenvalue weighted by molar-refractivity contribution is 7.97. The molecule has 1 aromatic heterocycles. The topological polar surface area (TPSA) is 41.6 Å². The van der Waals surface area contributed by atoms with Crippen molar-refractivity contribution < 1.29 is 0 Å². The molecule has 0 atom stereocenters. The van der Waals surface area contributed by atoms with Crippen molar-refractivity contribution in [1.29, 1.82) is 5.26 Å². The maximum absolute atomic E-state index is 8.91. The van der Waals surface area contributed by atoms with Crippen LogP contribution in [-0.4, -0.2) is 15.8 Å². The molecule has 4 heteroatoms. The molecule has 3 nitrogen and oxygen atoms in total. The number of thioether (sulfide) groups is 1. The lowest BCUT2D eigenvalue weighted by atomic mass is 10.2. The van der Waals surface area contributed by atoms with E-state index in [0.29, 0.717) is 11.6 Å². The molecule has 1 aliphatic rings. The first-order chi connectivity index (χ1) is 8.33. The van der Waals surface area contributed by atoms with Crippen LogP contribution in [0.5, 0.6) is 0 Å². The summed E-state index contributed by atoms with van der Waals surface area (Å²) in [6.45, 7) is 0. The molecule has 17 heavy (non-hydrogen) atoms. The number of aromatic nitrogens is 2. The van der Waals surface area contributed by atoms with Gasteiger partial charge in [0.1, 0.15) is 5.82 Å². The van der Waals surface area contributed by atoms with Gasteiger partial charge < -0.3 is 4.57 Å². The van der Waals surface area contributed by atoms with Gasteiger partial charge in [-0.05, 0) is 37.3 Å². The summed E-state index contributed by atoms with van der Waals surface area (Å²) in [7, 11) is 0. The lowest BCUT2D eigenvalue weighted by Gasteiger charge is -2.05. The van der Waals surface area contributed by atoms with Crippen molar-refractivity contribution in [1.82, 2.24) is 9.55 Å². The number of hydrogen-bond donors (Lipinski definition) is 0. The lowest BCUT2D eigenvalue weighted by molar-refractivity contribution is 0.729. The molecule has 2 aromatic rings. The van der Waals surface area contributed by atoms with Crippen LogP contribution in [0.15, 0.2) is 18.2 Å². The third-order valence-corrected chi connectivity index (χ3v) is 3.62. The standard InChI is InChI=1S/C13H13N3S/c1-17-8-13-15-11-6-9(7-14)2-5-12(11)16(13)10-3-4-10/h2,5-6,10H,3-4,8H2,1H3. The minimum absolute atomic E-state index is 0.634. The Morgan fingerprint density at radius 3 is 3.00 bits per heavy atom. The molecule has 1 fully saturated rings. The number of benzene rings is 1. The van der Waals surface area contributed by atoms with Gasteiger partial charge in [0.2, 0.25) is 0 Å². The Bertz CT molecular complexity index is 605. The van der Waals surface area contributed by atoms with Gasteiger partial charge in [0.25, 0.3) is 0 Å². The monoisotopic (exact) mass is 243 g/mol. The molecule has 0 N–H and O–H groups in total. The largest absolute Gasteiger partial charge is 0.324 e. The van der Waals surface area contributed by atoms with Gasteiger partial charge >= 0.3 is 0 Å². The summed E-state index contributed by atoms with van der Waals surface area (Å²) in [6, 6.07) is 8.60. The Kier molecular flexibility index (Phi) is 2.56. The summed E-state index contributed by atoms with van der Waals surface area (Å²) >= 11 is 1.79. The second-order valence-corrected chi connectivity index (χ2v) is 5.24. The molecule has 1 saturated carbocycles. The fourth-order valence-electron chi connectivity index (χ4n) is 2.19. The normalized spacial score (nSPS) is 15.1. The van der Waals surface area contributed by atoms with E-state index in [9.17, 15) is 0 Å². The van der Waals surface area contributed by atoms with Crippen molar-refractivity contribution in [3.8, 4) is 6.07 Å². The quantitative estimate of drug-likeness (QED) is 0.831. The zero-order chi connectivity index (χ0) is 11.8. The molecule has 0 aliphatic heterocycles. The minimum atomic E-state index is 0.634. The molecule has 86 valence electrons. The molecule has 0 unspecified atom stereocenters. The number of nitriles is 1. The van der Waals surface area contributed by atoms with Gasteiger partial charge in [-0.15, -0.1) is 0 Å². The van der Waals surface area contributed by atoms with E-state index in [0.717, 1.165) is 17.1 Å². The molecule has 3 rings (SSSR count). The smallest absolute Gasteiger partial charge is 0.120 e. The number of hydrogen-bond acceptors (Lipinski definition) is 3. The summed E-state index contributed by atoms with van der Waals surface area (Å²) < 4.78 is 2.35. The van der Waals surface area contributed by atoms with Crippen LogP contribution in [0.25, 0.3) is 11.0 Å². The van der Waals surface area contributed by atoms with Crippen LogP contribution in [0.3, 0.4) is 0 Å². The van der Waals surface area contributed by atoms with Crippen molar-refractivity contribution >= 4 is 22.8 Å². The van der Waals surface area contributed by atoms with Gasteiger partial charge in [0.15, 0.2) is 0 Å². The van der Waals surface area contributed by atoms with E-state index in [2.05, 4.69) is 21.9 Å². The molecule has 0 amide bonds. The van der Waals surface area contributed by atoms with E-state index in [1.54, 1.807) is 11.8 Å². The number of nitrogens with zero attached hydrogens (tertiary/aromatic N) is 3. The van der Waals surface area contributed by atoms with Crippen molar-refractivity contribution in [2.75, 3.05) is 6.26 Å². The molecule has 0 bridgehead atoms. The highest BCUT2D eigenvalue weighted by Crippen LogP contribution is 2.39. The molecule has 0 spiro atoms.